The molecule has 0 aliphatic carbocycles. The van der Waals surface area contributed by atoms with Crippen LogP contribution >= 0.6 is 0 Å². The van der Waals surface area contributed by atoms with E-state index in [1.807, 2.05) is 24.3 Å². The number of rotatable bonds is 3. The Morgan fingerprint density at radius 2 is 1.56 bits per heavy atom. The highest BCUT2D eigenvalue weighted by Gasteiger charge is 2.11. The molecule has 0 bridgehead atoms. The van der Waals surface area contributed by atoms with Crippen molar-refractivity contribution in [2.75, 3.05) is 6.26 Å². The molecule has 2 amide bonds. The zero-order valence-electron chi connectivity index (χ0n) is 13.4. The van der Waals surface area contributed by atoms with E-state index in [2.05, 4.69) is 15.8 Å². The number of nitrogens with zero attached hydrogens (tertiary/aromatic N) is 1. The van der Waals surface area contributed by atoms with Gasteiger partial charge in [-0.3, -0.25) is 24.6 Å². The van der Waals surface area contributed by atoms with Crippen molar-refractivity contribution in [1.82, 2.24) is 15.8 Å². The topological polar surface area (TPSA) is 88.2 Å². The molecule has 7 heteroatoms. The summed E-state index contributed by atoms with van der Waals surface area (Å²) in [6.07, 6.45) is 1.56. The number of nitrogens with one attached hydrogen (secondary N) is 2. The van der Waals surface area contributed by atoms with Crippen LogP contribution in [0.25, 0.3) is 10.9 Å². The Hall–Kier alpha value is -3.06. The van der Waals surface area contributed by atoms with E-state index in [0.29, 0.717) is 16.0 Å². The van der Waals surface area contributed by atoms with Gasteiger partial charge in [-0.1, -0.05) is 24.3 Å². The molecule has 0 aliphatic heterocycles. The number of hydrogen-bond acceptors (Lipinski definition) is 4. The van der Waals surface area contributed by atoms with Crippen molar-refractivity contribution in [3.63, 3.8) is 0 Å². The summed E-state index contributed by atoms with van der Waals surface area (Å²) in [4.78, 5) is 29.1. The van der Waals surface area contributed by atoms with E-state index < -0.39 is 22.6 Å². The monoisotopic (exact) mass is 353 g/mol. The Morgan fingerprint density at radius 1 is 0.880 bits per heavy atom. The molecular weight excluding hydrogens is 338 g/mol. The van der Waals surface area contributed by atoms with Gasteiger partial charge in [0, 0.05) is 32.9 Å². The lowest BCUT2D eigenvalue weighted by Crippen LogP contribution is -2.41. The molecule has 0 fully saturated rings. The maximum atomic E-state index is 12.1. The number of hydrogen-bond donors (Lipinski definition) is 2. The maximum Gasteiger partial charge on any atom is 0.288 e. The van der Waals surface area contributed by atoms with Gasteiger partial charge in [0.2, 0.25) is 0 Å². The molecule has 2 aromatic carbocycles. The Kier molecular flexibility index (Phi) is 4.85. The number of benzene rings is 2. The predicted octanol–water partition coefficient (Wildman–Crippen LogP) is 2.05. The van der Waals surface area contributed by atoms with Crippen LogP contribution in [0.5, 0.6) is 0 Å². The maximum absolute atomic E-state index is 12.1. The summed E-state index contributed by atoms with van der Waals surface area (Å²) < 4.78 is 11.3. The summed E-state index contributed by atoms with van der Waals surface area (Å²) in [5, 5.41) is 0.927. The number of carbonyl (C=O) groups is 2. The molecule has 0 radical (unpaired) electrons. The van der Waals surface area contributed by atoms with E-state index in [1.165, 1.54) is 0 Å². The van der Waals surface area contributed by atoms with Gasteiger partial charge < -0.3 is 0 Å². The van der Waals surface area contributed by atoms with Gasteiger partial charge in [-0.2, -0.15) is 0 Å². The summed E-state index contributed by atoms with van der Waals surface area (Å²) in [5.41, 5.74) is 5.93. The van der Waals surface area contributed by atoms with Gasteiger partial charge in [-0.05, 0) is 36.4 Å². The van der Waals surface area contributed by atoms with Gasteiger partial charge in [-0.15, -0.1) is 0 Å². The summed E-state index contributed by atoms with van der Waals surface area (Å²) in [7, 11) is -1.11. The Bertz CT molecular complexity index is 971. The first kappa shape index (κ1) is 16.8. The van der Waals surface area contributed by atoms with E-state index in [1.54, 1.807) is 42.7 Å². The highest BCUT2D eigenvalue weighted by atomic mass is 32.2. The largest absolute Gasteiger partial charge is 0.288 e. The van der Waals surface area contributed by atoms with Crippen molar-refractivity contribution < 1.29 is 13.8 Å². The zero-order chi connectivity index (χ0) is 17.8. The first-order valence-electron chi connectivity index (χ1n) is 7.44. The van der Waals surface area contributed by atoms with Gasteiger partial charge in [0.15, 0.2) is 0 Å². The van der Waals surface area contributed by atoms with Crippen LogP contribution < -0.4 is 10.9 Å². The Balaban J connectivity index is 1.66. The van der Waals surface area contributed by atoms with E-state index in [0.717, 1.165) is 5.39 Å². The van der Waals surface area contributed by atoms with Crippen LogP contribution in [-0.4, -0.2) is 27.3 Å². The van der Waals surface area contributed by atoms with Crippen molar-refractivity contribution in [3.8, 4) is 0 Å². The van der Waals surface area contributed by atoms with Crippen LogP contribution in [0.1, 0.15) is 20.8 Å². The van der Waals surface area contributed by atoms with Crippen LogP contribution in [0.2, 0.25) is 0 Å². The second kappa shape index (κ2) is 7.23. The minimum Gasteiger partial charge on any atom is -0.267 e. The van der Waals surface area contributed by atoms with Gasteiger partial charge in [0.25, 0.3) is 11.8 Å². The molecule has 0 saturated carbocycles. The number of pyridine rings is 1. The number of carbonyl (C=O) groups excluding carboxylic acids is 2. The van der Waals surface area contributed by atoms with Gasteiger partial charge in [0.05, 0.1) is 5.52 Å². The zero-order valence-corrected chi connectivity index (χ0v) is 14.2. The smallest absolute Gasteiger partial charge is 0.267 e. The van der Waals surface area contributed by atoms with Crippen molar-refractivity contribution in [1.29, 1.82) is 0 Å². The van der Waals surface area contributed by atoms with Crippen molar-refractivity contribution in [2.24, 2.45) is 0 Å². The van der Waals surface area contributed by atoms with Crippen LogP contribution in [0.3, 0.4) is 0 Å². The molecule has 3 aromatic rings. The fourth-order valence-electron chi connectivity index (χ4n) is 2.24. The summed E-state index contributed by atoms with van der Waals surface area (Å²) >= 11 is 0. The van der Waals surface area contributed by atoms with Crippen molar-refractivity contribution in [2.45, 2.75) is 4.90 Å². The highest BCUT2D eigenvalue weighted by Crippen LogP contribution is 2.11. The molecule has 1 aromatic heterocycles. The summed E-state index contributed by atoms with van der Waals surface area (Å²) in [5.74, 6) is -0.979. The van der Waals surface area contributed by atoms with E-state index in [4.69, 9.17) is 0 Å². The van der Waals surface area contributed by atoms with E-state index in [-0.39, 0.29) is 5.69 Å². The third-order valence-electron chi connectivity index (χ3n) is 3.57. The molecule has 1 atom stereocenters. The van der Waals surface area contributed by atoms with E-state index >= 15 is 0 Å². The summed E-state index contributed by atoms with van der Waals surface area (Å²) in [6.45, 7) is 0. The van der Waals surface area contributed by atoms with Gasteiger partial charge in [-0.25, -0.2) is 4.98 Å². The Morgan fingerprint density at radius 3 is 2.28 bits per heavy atom. The number of hydrazine groups is 1. The predicted molar refractivity (Wildman–Crippen MR) is 95.4 cm³/mol. The third kappa shape index (κ3) is 3.89. The lowest BCUT2D eigenvalue weighted by molar-refractivity contribution is 0.0844. The van der Waals surface area contributed by atoms with Gasteiger partial charge >= 0.3 is 0 Å². The minimum atomic E-state index is -1.11. The second-order valence-corrected chi connectivity index (χ2v) is 6.66. The van der Waals surface area contributed by atoms with Crippen molar-refractivity contribution in [3.05, 3.63) is 71.9 Å². The third-order valence-corrected chi connectivity index (χ3v) is 4.51. The SMILES string of the molecule is C[S@@](=O)c1ccc(C(=O)NNC(=O)c2ccc3ccccc3n2)cc1. The average molecular weight is 353 g/mol. The molecule has 3 rings (SSSR count). The first-order valence-corrected chi connectivity index (χ1v) is 9.00. The molecule has 1 heterocycles. The second-order valence-electron chi connectivity index (χ2n) is 5.28. The lowest BCUT2D eigenvalue weighted by atomic mass is 10.2. The van der Waals surface area contributed by atoms with E-state index in [9.17, 15) is 13.8 Å². The van der Waals surface area contributed by atoms with Crippen LogP contribution in [0.4, 0.5) is 0 Å². The fraction of sp³-hybridized carbons (Fsp3) is 0.0556. The van der Waals surface area contributed by atoms with Crippen LogP contribution in [0.15, 0.2) is 65.6 Å². The van der Waals surface area contributed by atoms with Crippen LogP contribution in [-0.2, 0) is 10.8 Å². The standard InChI is InChI=1S/C18H15N3O3S/c1-25(24)14-9-6-13(7-10-14)17(22)20-21-18(23)16-11-8-12-4-2-3-5-15(12)19-16/h2-11H,1H3,(H,20,22)(H,21,23)/t25-/m1/s1. The Labute approximate surface area is 146 Å². The van der Waals surface area contributed by atoms with Gasteiger partial charge in [0.1, 0.15) is 5.69 Å². The quantitative estimate of drug-likeness (QED) is 0.706. The molecule has 0 spiro atoms. The number of aromatic nitrogens is 1. The molecular formula is C18H15N3O3S. The molecule has 25 heavy (non-hydrogen) atoms. The normalized spacial score (nSPS) is 11.7. The highest BCUT2D eigenvalue weighted by molar-refractivity contribution is 7.84. The summed E-state index contributed by atoms with van der Waals surface area (Å²) in [6, 6.07) is 17.1. The first-order chi connectivity index (χ1) is 12.0. The molecule has 6 nitrogen and oxygen atoms in total. The molecule has 126 valence electrons. The van der Waals surface area contributed by atoms with Crippen molar-refractivity contribution >= 4 is 33.5 Å². The molecule has 2 N–H and O–H groups in total. The lowest BCUT2D eigenvalue weighted by Gasteiger charge is -2.08. The molecule has 0 saturated heterocycles. The number of amides is 2. The van der Waals surface area contributed by atoms with Crippen LogP contribution in [0, 0.1) is 0 Å². The average Bonchev–Trinajstić information content (AvgIpc) is 2.65. The number of fused-ring (bicyclic) bond motifs is 1. The minimum absolute atomic E-state index is 0.204. The molecule has 0 aliphatic rings. The molecule has 0 unspecified atom stereocenters. The fourth-order valence-corrected chi connectivity index (χ4v) is 2.76. The number of para-hydroxylation sites is 1.